The molecule has 2 aromatic carbocycles. The minimum Gasteiger partial charge on any atom is -0.321 e. The fraction of sp³-hybridized carbons (Fsp3) is 0.0588. The largest absolute Gasteiger partial charge is 0.321 e. The van der Waals surface area contributed by atoms with Crippen molar-refractivity contribution < 1.29 is 4.79 Å². The zero-order valence-corrected chi connectivity index (χ0v) is 12.2. The average molecular weight is 297 g/mol. The van der Waals surface area contributed by atoms with Crippen molar-refractivity contribution in [2.24, 2.45) is 0 Å². The van der Waals surface area contributed by atoms with Gasteiger partial charge in [0, 0.05) is 22.2 Å². The normalized spacial score (nSPS) is 10.6. The van der Waals surface area contributed by atoms with E-state index < -0.39 is 0 Å². The van der Waals surface area contributed by atoms with E-state index in [0.29, 0.717) is 16.3 Å². The van der Waals surface area contributed by atoms with Gasteiger partial charge in [-0.1, -0.05) is 29.3 Å². The molecule has 3 aromatic rings. The molecule has 0 aliphatic heterocycles. The van der Waals surface area contributed by atoms with Crippen LogP contribution in [0.3, 0.4) is 0 Å². The van der Waals surface area contributed by atoms with E-state index in [-0.39, 0.29) is 5.91 Å². The van der Waals surface area contributed by atoms with Crippen LogP contribution in [-0.4, -0.2) is 10.9 Å². The molecule has 0 aliphatic carbocycles. The SMILES string of the molecule is Cc1cccc(C(=O)Nc2ccnc3ccc(Cl)cc23)c1. The lowest BCUT2D eigenvalue weighted by Crippen LogP contribution is -2.12. The molecule has 0 atom stereocenters. The molecule has 0 fully saturated rings. The van der Waals surface area contributed by atoms with Gasteiger partial charge in [0.2, 0.25) is 0 Å². The Bertz CT molecular complexity index is 830. The van der Waals surface area contributed by atoms with E-state index in [2.05, 4.69) is 10.3 Å². The summed E-state index contributed by atoms with van der Waals surface area (Å²) in [4.78, 5) is 16.6. The van der Waals surface area contributed by atoms with Crippen LogP contribution in [0, 0.1) is 6.92 Å². The van der Waals surface area contributed by atoms with Gasteiger partial charge in [0.25, 0.3) is 5.91 Å². The number of hydrogen-bond acceptors (Lipinski definition) is 2. The van der Waals surface area contributed by atoms with Gasteiger partial charge in [-0.25, -0.2) is 0 Å². The number of nitrogens with one attached hydrogen (secondary N) is 1. The van der Waals surface area contributed by atoms with Crippen molar-refractivity contribution in [3.63, 3.8) is 0 Å². The summed E-state index contributed by atoms with van der Waals surface area (Å²) in [6, 6.07) is 14.7. The van der Waals surface area contributed by atoms with Gasteiger partial charge in [0.05, 0.1) is 11.2 Å². The Kier molecular flexibility index (Phi) is 3.59. The van der Waals surface area contributed by atoms with Crippen LogP contribution in [0.15, 0.2) is 54.7 Å². The van der Waals surface area contributed by atoms with E-state index in [9.17, 15) is 4.79 Å². The molecule has 0 spiro atoms. The van der Waals surface area contributed by atoms with Crippen molar-refractivity contribution >= 4 is 34.1 Å². The van der Waals surface area contributed by atoms with E-state index in [0.717, 1.165) is 16.5 Å². The number of carbonyl (C=O) groups excluding carboxylic acids is 1. The summed E-state index contributed by atoms with van der Waals surface area (Å²) in [5, 5.41) is 4.36. The first-order valence-electron chi connectivity index (χ1n) is 6.56. The number of benzene rings is 2. The Balaban J connectivity index is 1.98. The number of aromatic nitrogens is 1. The van der Waals surface area contributed by atoms with E-state index in [1.54, 1.807) is 30.5 Å². The van der Waals surface area contributed by atoms with Gasteiger partial charge in [-0.05, 0) is 43.3 Å². The van der Waals surface area contributed by atoms with Crippen molar-refractivity contribution in [2.75, 3.05) is 5.32 Å². The molecule has 3 rings (SSSR count). The topological polar surface area (TPSA) is 42.0 Å². The average Bonchev–Trinajstić information content (AvgIpc) is 2.48. The Morgan fingerprint density at radius 2 is 2.00 bits per heavy atom. The number of halogens is 1. The first kappa shape index (κ1) is 13.6. The summed E-state index contributed by atoms with van der Waals surface area (Å²) in [7, 11) is 0. The zero-order valence-electron chi connectivity index (χ0n) is 11.4. The molecule has 104 valence electrons. The minimum atomic E-state index is -0.147. The fourth-order valence-electron chi connectivity index (χ4n) is 2.21. The molecule has 0 bridgehead atoms. The summed E-state index contributed by atoms with van der Waals surface area (Å²) < 4.78 is 0. The number of amides is 1. The number of pyridine rings is 1. The monoisotopic (exact) mass is 296 g/mol. The second-order valence-electron chi connectivity index (χ2n) is 4.84. The third kappa shape index (κ3) is 2.88. The molecule has 0 unspecified atom stereocenters. The maximum absolute atomic E-state index is 12.3. The van der Waals surface area contributed by atoms with Crippen molar-refractivity contribution in [1.29, 1.82) is 0 Å². The van der Waals surface area contributed by atoms with Crippen LogP contribution in [0.25, 0.3) is 10.9 Å². The molecule has 1 heterocycles. The molecule has 0 saturated carbocycles. The number of anilines is 1. The highest BCUT2D eigenvalue weighted by molar-refractivity contribution is 6.31. The van der Waals surface area contributed by atoms with Crippen molar-refractivity contribution in [1.82, 2.24) is 4.98 Å². The van der Waals surface area contributed by atoms with Crippen LogP contribution >= 0.6 is 11.6 Å². The van der Waals surface area contributed by atoms with Gasteiger partial charge in [-0.2, -0.15) is 0 Å². The zero-order chi connectivity index (χ0) is 14.8. The van der Waals surface area contributed by atoms with Crippen LogP contribution < -0.4 is 5.32 Å². The fourth-order valence-corrected chi connectivity index (χ4v) is 2.38. The predicted molar refractivity (Wildman–Crippen MR) is 85.9 cm³/mol. The summed E-state index contributed by atoms with van der Waals surface area (Å²) in [5.41, 5.74) is 3.17. The van der Waals surface area contributed by atoms with Gasteiger partial charge in [-0.15, -0.1) is 0 Å². The van der Waals surface area contributed by atoms with E-state index >= 15 is 0 Å². The number of nitrogens with zero attached hydrogens (tertiary/aromatic N) is 1. The highest BCUT2D eigenvalue weighted by atomic mass is 35.5. The van der Waals surface area contributed by atoms with Crippen molar-refractivity contribution in [2.45, 2.75) is 6.92 Å². The summed E-state index contributed by atoms with van der Waals surface area (Å²) in [6.45, 7) is 1.96. The van der Waals surface area contributed by atoms with Crippen molar-refractivity contribution in [3.8, 4) is 0 Å². The molecule has 21 heavy (non-hydrogen) atoms. The van der Waals surface area contributed by atoms with Gasteiger partial charge in [-0.3, -0.25) is 9.78 Å². The van der Waals surface area contributed by atoms with E-state index in [1.807, 2.05) is 31.2 Å². The first-order chi connectivity index (χ1) is 10.1. The van der Waals surface area contributed by atoms with Gasteiger partial charge in [0.1, 0.15) is 0 Å². The molecule has 0 aliphatic rings. The molecule has 1 aromatic heterocycles. The number of hydrogen-bond donors (Lipinski definition) is 1. The molecule has 0 saturated heterocycles. The minimum absolute atomic E-state index is 0.147. The number of aryl methyl sites for hydroxylation is 1. The third-order valence-electron chi connectivity index (χ3n) is 3.23. The molecule has 1 amide bonds. The number of fused-ring (bicyclic) bond motifs is 1. The highest BCUT2D eigenvalue weighted by Crippen LogP contribution is 2.25. The molecule has 1 N–H and O–H groups in total. The predicted octanol–water partition coefficient (Wildman–Crippen LogP) is 4.45. The lowest BCUT2D eigenvalue weighted by atomic mass is 10.1. The van der Waals surface area contributed by atoms with Gasteiger partial charge >= 0.3 is 0 Å². The molecular weight excluding hydrogens is 284 g/mol. The third-order valence-corrected chi connectivity index (χ3v) is 3.47. The standard InChI is InChI=1S/C17H13ClN2O/c1-11-3-2-4-12(9-11)17(21)20-16-7-8-19-15-6-5-13(18)10-14(15)16/h2-10H,1H3,(H,19,20,21). The van der Waals surface area contributed by atoms with Gasteiger partial charge in [0.15, 0.2) is 0 Å². The maximum Gasteiger partial charge on any atom is 0.255 e. The van der Waals surface area contributed by atoms with Crippen LogP contribution in [0.5, 0.6) is 0 Å². The quantitative estimate of drug-likeness (QED) is 0.759. The Morgan fingerprint density at radius 3 is 2.81 bits per heavy atom. The lowest BCUT2D eigenvalue weighted by Gasteiger charge is -2.09. The van der Waals surface area contributed by atoms with Crippen molar-refractivity contribution in [3.05, 3.63) is 70.9 Å². The van der Waals surface area contributed by atoms with Crippen LogP contribution in [0.4, 0.5) is 5.69 Å². The Morgan fingerprint density at radius 1 is 1.14 bits per heavy atom. The second kappa shape index (κ2) is 5.54. The van der Waals surface area contributed by atoms with E-state index in [1.165, 1.54) is 0 Å². The Labute approximate surface area is 127 Å². The number of carbonyl (C=O) groups is 1. The molecule has 4 heteroatoms. The van der Waals surface area contributed by atoms with Gasteiger partial charge < -0.3 is 5.32 Å². The Hall–Kier alpha value is -2.39. The number of rotatable bonds is 2. The lowest BCUT2D eigenvalue weighted by molar-refractivity contribution is 0.102. The van der Waals surface area contributed by atoms with Crippen LogP contribution in [-0.2, 0) is 0 Å². The summed E-state index contributed by atoms with van der Waals surface area (Å²) in [5.74, 6) is -0.147. The first-order valence-corrected chi connectivity index (χ1v) is 6.93. The maximum atomic E-state index is 12.3. The summed E-state index contributed by atoms with van der Waals surface area (Å²) >= 11 is 6.02. The molecular formula is C17H13ClN2O. The molecule has 3 nitrogen and oxygen atoms in total. The summed E-state index contributed by atoms with van der Waals surface area (Å²) in [6.07, 6.45) is 1.67. The smallest absolute Gasteiger partial charge is 0.255 e. The van der Waals surface area contributed by atoms with Crippen LogP contribution in [0.2, 0.25) is 5.02 Å². The van der Waals surface area contributed by atoms with E-state index in [4.69, 9.17) is 11.6 Å². The van der Waals surface area contributed by atoms with Crippen LogP contribution in [0.1, 0.15) is 15.9 Å². The highest BCUT2D eigenvalue weighted by Gasteiger charge is 2.09. The second-order valence-corrected chi connectivity index (χ2v) is 5.28. The molecule has 0 radical (unpaired) electrons.